The summed E-state index contributed by atoms with van der Waals surface area (Å²) < 4.78 is 3.82. The van der Waals surface area contributed by atoms with E-state index in [0.29, 0.717) is 11.8 Å². The van der Waals surface area contributed by atoms with Gasteiger partial charge < -0.3 is 0 Å². The molecule has 4 heteroatoms. The van der Waals surface area contributed by atoms with E-state index in [9.17, 15) is 0 Å². The van der Waals surface area contributed by atoms with Gasteiger partial charge in [-0.2, -0.15) is 0 Å². The highest BCUT2D eigenvalue weighted by atomic mass is 35.5. The van der Waals surface area contributed by atoms with Crippen molar-refractivity contribution in [2.75, 3.05) is 5.88 Å². The van der Waals surface area contributed by atoms with Crippen LogP contribution in [0.1, 0.15) is 31.4 Å². The van der Waals surface area contributed by atoms with Crippen LogP contribution in [-0.4, -0.2) is 15.5 Å². The smallest absolute Gasteiger partial charge is 0.0786 e. The molecule has 0 amide bonds. The molecule has 0 N–H and O–H groups in total. The molecule has 0 radical (unpaired) electrons. The molecule has 1 aromatic rings. The first kappa shape index (κ1) is 8.94. The maximum Gasteiger partial charge on any atom is 0.0786 e. The third-order valence-corrected chi connectivity index (χ3v) is 2.49. The van der Waals surface area contributed by atoms with Crippen LogP contribution in [0.4, 0.5) is 0 Å². The zero-order valence-electron chi connectivity index (χ0n) is 6.46. The average Bonchev–Trinajstić information content (AvgIpc) is 2.52. The van der Waals surface area contributed by atoms with Crippen molar-refractivity contribution in [1.29, 1.82) is 0 Å². The lowest BCUT2D eigenvalue weighted by Gasteiger charge is -2.07. The van der Waals surface area contributed by atoms with Crippen molar-refractivity contribution >= 4 is 23.1 Å². The Bertz CT molecular complexity index is 188. The second-order valence-corrected chi connectivity index (χ2v) is 3.40. The van der Waals surface area contributed by atoms with Crippen LogP contribution in [-0.2, 0) is 0 Å². The van der Waals surface area contributed by atoms with Gasteiger partial charge in [-0.15, -0.1) is 16.7 Å². The fourth-order valence-corrected chi connectivity index (χ4v) is 1.84. The van der Waals surface area contributed by atoms with Crippen molar-refractivity contribution in [3.8, 4) is 0 Å². The van der Waals surface area contributed by atoms with Crippen molar-refractivity contribution in [2.24, 2.45) is 0 Å². The van der Waals surface area contributed by atoms with Gasteiger partial charge >= 0.3 is 0 Å². The van der Waals surface area contributed by atoms with Crippen molar-refractivity contribution in [3.05, 3.63) is 11.1 Å². The quantitative estimate of drug-likeness (QED) is 0.683. The lowest BCUT2D eigenvalue weighted by molar-refractivity contribution is 0.624. The lowest BCUT2D eigenvalue weighted by Crippen LogP contribution is -1.98. The van der Waals surface area contributed by atoms with Crippen LogP contribution >= 0.6 is 23.1 Å². The van der Waals surface area contributed by atoms with Crippen molar-refractivity contribution in [2.45, 2.75) is 25.7 Å². The molecule has 11 heavy (non-hydrogen) atoms. The van der Waals surface area contributed by atoms with Gasteiger partial charge in [0, 0.05) is 17.2 Å². The monoisotopic (exact) mass is 190 g/mol. The number of aromatic nitrogens is 2. The van der Waals surface area contributed by atoms with E-state index in [4.69, 9.17) is 11.6 Å². The predicted molar refractivity (Wildman–Crippen MR) is 48.3 cm³/mol. The number of halogens is 1. The molecule has 1 heterocycles. The van der Waals surface area contributed by atoms with E-state index in [1.165, 1.54) is 11.5 Å². The highest BCUT2D eigenvalue weighted by Gasteiger charge is 2.10. The van der Waals surface area contributed by atoms with E-state index < -0.39 is 0 Å². The molecule has 0 aliphatic heterocycles. The largest absolute Gasteiger partial charge is 0.143 e. The van der Waals surface area contributed by atoms with Crippen molar-refractivity contribution in [3.63, 3.8) is 0 Å². The van der Waals surface area contributed by atoms with E-state index in [0.717, 1.165) is 18.5 Å². The van der Waals surface area contributed by atoms with E-state index in [1.807, 2.05) is 5.38 Å². The fourth-order valence-electron chi connectivity index (χ4n) is 1.04. The highest BCUT2D eigenvalue weighted by Crippen LogP contribution is 2.21. The molecule has 0 bridgehead atoms. The summed E-state index contributed by atoms with van der Waals surface area (Å²) in [6, 6.07) is 0. The predicted octanol–water partition coefficient (Wildman–Crippen LogP) is 2.66. The van der Waals surface area contributed by atoms with Crippen LogP contribution in [0.15, 0.2) is 5.38 Å². The van der Waals surface area contributed by atoms with Gasteiger partial charge in [0.05, 0.1) is 5.69 Å². The Balaban J connectivity index is 2.56. The Morgan fingerprint density at radius 3 is 3.00 bits per heavy atom. The Morgan fingerprint density at radius 1 is 1.73 bits per heavy atom. The van der Waals surface area contributed by atoms with Crippen LogP contribution in [0.25, 0.3) is 0 Å². The Kier molecular flexibility index (Phi) is 3.80. The minimum atomic E-state index is 0.506. The molecule has 1 atom stereocenters. The van der Waals surface area contributed by atoms with Gasteiger partial charge in [0.25, 0.3) is 0 Å². The molecular formula is C7H11ClN2S. The first-order valence-electron chi connectivity index (χ1n) is 3.71. The third-order valence-electron chi connectivity index (χ3n) is 1.75. The topological polar surface area (TPSA) is 25.8 Å². The molecule has 0 aliphatic rings. The van der Waals surface area contributed by atoms with Crippen molar-refractivity contribution < 1.29 is 0 Å². The maximum absolute atomic E-state index is 5.65. The summed E-state index contributed by atoms with van der Waals surface area (Å²) >= 11 is 7.05. The van der Waals surface area contributed by atoms with Crippen LogP contribution in [0, 0.1) is 0 Å². The first-order valence-corrected chi connectivity index (χ1v) is 5.08. The van der Waals surface area contributed by atoms with E-state index in [2.05, 4.69) is 16.5 Å². The molecule has 62 valence electrons. The van der Waals surface area contributed by atoms with Gasteiger partial charge in [0.1, 0.15) is 0 Å². The molecule has 1 aromatic heterocycles. The summed E-state index contributed by atoms with van der Waals surface area (Å²) in [6.45, 7) is 2.15. The minimum absolute atomic E-state index is 0.506. The van der Waals surface area contributed by atoms with E-state index in [-0.39, 0.29) is 0 Å². The zero-order valence-corrected chi connectivity index (χ0v) is 8.03. The van der Waals surface area contributed by atoms with Gasteiger partial charge in [-0.1, -0.05) is 11.4 Å². The molecule has 0 spiro atoms. The van der Waals surface area contributed by atoms with Crippen LogP contribution in [0.3, 0.4) is 0 Å². The molecule has 0 aliphatic carbocycles. The second kappa shape index (κ2) is 4.67. The Labute approximate surface area is 75.7 Å². The summed E-state index contributed by atoms with van der Waals surface area (Å²) in [5, 5.41) is 6.02. The van der Waals surface area contributed by atoms with Crippen LogP contribution in [0.2, 0.25) is 0 Å². The Morgan fingerprint density at radius 2 is 2.55 bits per heavy atom. The van der Waals surface area contributed by atoms with Crippen LogP contribution in [0.5, 0.6) is 0 Å². The number of hydrogen-bond donors (Lipinski definition) is 0. The average molecular weight is 191 g/mol. The fraction of sp³-hybridized carbons (Fsp3) is 0.714. The standard InChI is InChI=1S/C7H11ClN2S/c1-2-6(3-4-8)7-5-11-10-9-7/h5-6H,2-4H2,1H3. The number of hydrogen-bond acceptors (Lipinski definition) is 3. The summed E-state index contributed by atoms with van der Waals surface area (Å²) in [7, 11) is 0. The number of rotatable bonds is 4. The lowest BCUT2D eigenvalue weighted by atomic mass is 10.0. The van der Waals surface area contributed by atoms with Gasteiger partial charge in [-0.3, -0.25) is 0 Å². The van der Waals surface area contributed by atoms with Crippen LogP contribution < -0.4 is 0 Å². The molecule has 1 unspecified atom stereocenters. The van der Waals surface area contributed by atoms with Crippen molar-refractivity contribution in [1.82, 2.24) is 9.59 Å². The Hall–Kier alpha value is -0.150. The summed E-state index contributed by atoms with van der Waals surface area (Å²) in [4.78, 5) is 0. The third kappa shape index (κ3) is 2.42. The molecular weight excluding hydrogens is 180 g/mol. The zero-order chi connectivity index (χ0) is 8.10. The first-order chi connectivity index (χ1) is 5.38. The summed E-state index contributed by atoms with van der Waals surface area (Å²) in [6.07, 6.45) is 2.10. The van der Waals surface area contributed by atoms with Gasteiger partial charge in [-0.25, -0.2) is 0 Å². The molecule has 0 saturated heterocycles. The van der Waals surface area contributed by atoms with E-state index >= 15 is 0 Å². The van der Waals surface area contributed by atoms with E-state index in [1.54, 1.807) is 0 Å². The highest BCUT2D eigenvalue weighted by molar-refractivity contribution is 7.03. The molecule has 2 nitrogen and oxygen atoms in total. The molecule has 1 rings (SSSR count). The number of alkyl halides is 1. The second-order valence-electron chi connectivity index (χ2n) is 2.41. The van der Waals surface area contributed by atoms with Gasteiger partial charge in [0.2, 0.25) is 0 Å². The van der Waals surface area contributed by atoms with Gasteiger partial charge in [0.15, 0.2) is 0 Å². The molecule has 0 fully saturated rings. The summed E-state index contributed by atoms with van der Waals surface area (Å²) in [5.41, 5.74) is 1.10. The minimum Gasteiger partial charge on any atom is -0.143 e. The normalized spacial score (nSPS) is 13.3. The maximum atomic E-state index is 5.65. The molecule has 0 aromatic carbocycles. The number of nitrogens with zero attached hydrogens (tertiary/aromatic N) is 2. The summed E-state index contributed by atoms with van der Waals surface area (Å²) in [5.74, 6) is 1.21. The molecule has 0 saturated carbocycles. The SMILES string of the molecule is CCC(CCCl)c1csnn1. The van der Waals surface area contributed by atoms with Gasteiger partial charge in [-0.05, 0) is 24.4 Å².